The SMILES string of the molecule is Cl.O=C(NC1CCNC1)c1ccccc1Br. The molecule has 1 unspecified atom stereocenters. The van der Waals surface area contributed by atoms with Crippen LogP contribution in [-0.4, -0.2) is 25.0 Å². The van der Waals surface area contributed by atoms with Crippen LogP contribution in [0.1, 0.15) is 16.8 Å². The lowest BCUT2D eigenvalue weighted by Crippen LogP contribution is -2.36. The van der Waals surface area contributed by atoms with Crippen molar-refractivity contribution >= 4 is 34.2 Å². The quantitative estimate of drug-likeness (QED) is 0.877. The fourth-order valence-corrected chi connectivity index (χ4v) is 2.15. The van der Waals surface area contributed by atoms with Crippen molar-refractivity contribution in [3.05, 3.63) is 34.3 Å². The van der Waals surface area contributed by atoms with Crippen LogP contribution < -0.4 is 10.6 Å². The minimum absolute atomic E-state index is 0. The van der Waals surface area contributed by atoms with Crippen LogP contribution >= 0.6 is 28.3 Å². The Morgan fingerprint density at radius 2 is 2.19 bits per heavy atom. The molecule has 1 fully saturated rings. The van der Waals surface area contributed by atoms with Crippen molar-refractivity contribution < 1.29 is 4.79 Å². The zero-order chi connectivity index (χ0) is 10.7. The Bertz CT molecular complexity index is 367. The van der Waals surface area contributed by atoms with Gasteiger partial charge in [0.2, 0.25) is 0 Å². The highest BCUT2D eigenvalue weighted by Crippen LogP contribution is 2.15. The molecule has 0 radical (unpaired) electrons. The predicted molar refractivity (Wildman–Crippen MR) is 70.1 cm³/mol. The second-order valence-electron chi connectivity index (χ2n) is 3.64. The Labute approximate surface area is 110 Å². The smallest absolute Gasteiger partial charge is 0.252 e. The first kappa shape index (κ1) is 13.5. The third kappa shape index (κ3) is 3.20. The summed E-state index contributed by atoms with van der Waals surface area (Å²) in [6.07, 6.45) is 1.01. The van der Waals surface area contributed by atoms with Crippen LogP contribution in [0.25, 0.3) is 0 Å². The molecule has 0 aromatic heterocycles. The van der Waals surface area contributed by atoms with Gasteiger partial charge in [-0.2, -0.15) is 0 Å². The van der Waals surface area contributed by atoms with Gasteiger partial charge in [-0.15, -0.1) is 12.4 Å². The molecule has 16 heavy (non-hydrogen) atoms. The van der Waals surface area contributed by atoms with E-state index in [9.17, 15) is 4.79 Å². The molecule has 1 atom stereocenters. The van der Waals surface area contributed by atoms with E-state index in [-0.39, 0.29) is 24.4 Å². The molecule has 0 spiro atoms. The van der Waals surface area contributed by atoms with E-state index in [1.54, 1.807) is 0 Å². The lowest BCUT2D eigenvalue weighted by molar-refractivity contribution is 0.0939. The first-order valence-corrected chi connectivity index (χ1v) is 5.83. The van der Waals surface area contributed by atoms with Crippen molar-refractivity contribution in [1.82, 2.24) is 10.6 Å². The van der Waals surface area contributed by atoms with Gasteiger partial charge in [-0.1, -0.05) is 12.1 Å². The summed E-state index contributed by atoms with van der Waals surface area (Å²) in [4.78, 5) is 11.9. The molecule has 0 saturated carbocycles. The molecule has 0 bridgehead atoms. The maximum atomic E-state index is 11.9. The zero-order valence-electron chi connectivity index (χ0n) is 8.70. The molecular weight excluding hydrogens is 291 g/mol. The maximum Gasteiger partial charge on any atom is 0.252 e. The van der Waals surface area contributed by atoms with Crippen LogP contribution in [0.4, 0.5) is 0 Å². The number of carbonyl (C=O) groups excluding carboxylic acids is 1. The van der Waals surface area contributed by atoms with Gasteiger partial charge in [0.1, 0.15) is 0 Å². The molecule has 1 amide bonds. The lowest BCUT2D eigenvalue weighted by atomic mass is 10.2. The van der Waals surface area contributed by atoms with E-state index in [2.05, 4.69) is 26.6 Å². The summed E-state index contributed by atoms with van der Waals surface area (Å²) in [5.41, 5.74) is 0.699. The molecule has 5 heteroatoms. The zero-order valence-corrected chi connectivity index (χ0v) is 11.1. The van der Waals surface area contributed by atoms with E-state index in [1.807, 2.05) is 24.3 Å². The van der Waals surface area contributed by atoms with Crippen molar-refractivity contribution in [3.8, 4) is 0 Å². The van der Waals surface area contributed by atoms with E-state index in [0.717, 1.165) is 24.0 Å². The highest BCUT2D eigenvalue weighted by atomic mass is 79.9. The van der Waals surface area contributed by atoms with E-state index < -0.39 is 0 Å². The average molecular weight is 306 g/mol. The number of rotatable bonds is 2. The van der Waals surface area contributed by atoms with Gasteiger partial charge in [-0.05, 0) is 41.0 Å². The maximum absolute atomic E-state index is 11.9. The van der Waals surface area contributed by atoms with Crippen LogP contribution in [-0.2, 0) is 0 Å². The molecule has 1 aliphatic rings. The highest BCUT2D eigenvalue weighted by molar-refractivity contribution is 9.10. The van der Waals surface area contributed by atoms with Gasteiger partial charge in [0, 0.05) is 17.1 Å². The molecule has 1 aromatic carbocycles. The monoisotopic (exact) mass is 304 g/mol. The van der Waals surface area contributed by atoms with Crippen molar-refractivity contribution in [1.29, 1.82) is 0 Å². The standard InChI is InChI=1S/C11H13BrN2O.ClH/c12-10-4-2-1-3-9(10)11(15)14-8-5-6-13-7-8;/h1-4,8,13H,5-7H2,(H,14,15);1H. The third-order valence-corrected chi connectivity index (χ3v) is 3.21. The van der Waals surface area contributed by atoms with Gasteiger partial charge >= 0.3 is 0 Å². The first-order valence-electron chi connectivity index (χ1n) is 5.03. The van der Waals surface area contributed by atoms with Crippen molar-refractivity contribution in [2.24, 2.45) is 0 Å². The Kier molecular flexibility index (Phi) is 5.25. The van der Waals surface area contributed by atoms with Crippen LogP contribution in [0.2, 0.25) is 0 Å². The molecule has 2 N–H and O–H groups in total. The van der Waals surface area contributed by atoms with Gasteiger partial charge in [0.05, 0.1) is 5.56 Å². The molecule has 2 rings (SSSR count). The normalized spacial score (nSPS) is 18.9. The fraction of sp³-hybridized carbons (Fsp3) is 0.364. The Balaban J connectivity index is 0.00000128. The molecular formula is C11H14BrClN2O. The van der Waals surface area contributed by atoms with Crippen molar-refractivity contribution in [3.63, 3.8) is 0 Å². The number of carbonyl (C=O) groups is 1. The minimum Gasteiger partial charge on any atom is -0.348 e. The molecule has 1 aliphatic heterocycles. The first-order chi connectivity index (χ1) is 7.27. The third-order valence-electron chi connectivity index (χ3n) is 2.51. The molecule has 3 nitrogen and oxygen atoms in total. The van der Waals surface area contributed by atoms with E-state index >= 15 is 0 Å². The summed E-state index contributed by atoms with van der Waals surface area (Å²) in [7, 11) is 0. The fourth-order valence-electron chi connectivity index (χ4n) is 1.69. The van der Waals surface area contributed by atoms with Gasteiger partial charge in [-0.25, -0.2) is 0 Å². The van der Waals surface area contributed by atoms with Crippen LogP contribution in [0.5, 0.6) is 0 Å². The number of amides is 1. The van der Waals surface area contributed by atoms with Crippen molar-refractivity contribution in [2.45, 2.75) is 12.5 Å². The largest absolute Gasteiger partial charge is 0.348 e. The summed E-state index contributed by atoms with van der Waals surface area (Å²) in [5, 5.41) is 6.22. The van der Waals surface area contributed by atoms with E-state index in [0.29, 0.717) is 5.56 Å². The average Bonchev–Trinajstić information content (AvgIpc) is 2.71. The number of nitrogens with one attached hydrogen (secondary N) is 2. The van der Waals surface area contributed by atoms with Gasteiger partial charge in [0.25, 0.3) is 5.91 Å². The van der Waals surface area contributed by atoms with Crippen LogP contribution in [0.15, 0.2) is 28.7 Å². The van der Waals surface area contributed by atoms with Crippen LogP contribution in [0, 0.1) is 0 Å². The number of benzene rings is 1. The minimum atomic E-state index is -0.00354. The van der Waals surface area contributed by atoms with Crippen molar-refractivity contribution in [2.75, 3.05) is 13.1 Å². The Hall–Kier alpha value is -0.580. The number of halogens is 2. The van der Waals surface area contributed by atoms with Gasteiger partial charge in [-0.3, -0.25) is 4.79 Å². The second kappa shape index (κ2) is 6.23. The summed E-state index contributed by atoms with van der Waals surface area (Å²) < 4.78 is 0.841. The molecule has 0 aliphatic carbocycles. The summed E-state index contributed by atoms with van der Waals surface area (Å²) in [6.45, 7) is 1.86. The highest BCUT2D eigenvalue weighted by Gasteiger charge is 2.18. The Morgan fingerprint density at radius 1 is 1.44 bits per heavy atom. The number of hydrogen-bond donors (Lipinski definition) is 2. The summed E-state index contributed by atoms with van der Waals surface area (Å²) in [5.74, 6) is -0.00354. The molecule has 1 saturated heterocycles. The van der Waals surface area contributed by atoms with Crippen LogP contribution in [0.3, 0.4) is 0 Å². The Morgan fingerprint density at radius 3 is 2.81 bits per heavy atom. The summed E-state index contributed by atoms with van der Waals surface area (Å²) >= 11 is 3.37. The molecule has 1 heterocycles. The van der Waals surface area contributed by atoms with E-state index in [1.165, 1.54) is 0 Å². The summed E-state index contributed by atoms with van der Waals surface area (Å²) in [6, 6.07) is 7.73. The molecule has 1 aromatic rings. The van der Waals surface area contributed by atoms with Gasteiger partial charge in [0.15, 0.2) is 0 Å². The predicted octanol–water partition coefficient (Wildman–Crippen LogP) is 1.96. The number of hydrogen-bond acceptors (Lipinski definition) is 2. The lowest BCUT2D eigenvalue weighted by Gasteiger charge is -2.11. The van der Waals surface area contributed by atoms with E-state index in [4.69, 9.17) is 0 Å². The van der Waals surface area contributed by atoms with Gasteiger partial charge < -0.3 is 10.6 Å². The molecule has 88 valence electrons. The second-order valence-corrected chi connectivity index (χ2v) is 4.50. The topological polar surface area (TPSA) is 41.1 Å².